The summed E-state index contributed by atoms with van der Waals surface area (Å²) < 4.78 is 0. The minimum absolute atomic E-state index is 0. The zero-order chi connectivity index (χ0) is 18.8. The standard InChI is InChI=1S/C19H34O5.2Na/c1-18(2,16(21)22)13-9-5-7-11-15(20)12-8-6-10-14-19(3,4)17(23)24;;/h5-14H2,1-4H3,(H,21,22)(H,23,24);;/q;2*+1/p-2. The fraction of sp³-hybridized carbons (Fsp3) is 0.842. The van der Waals surface area contributed by atoms with Crippen molar-refractivity contribution in [3.63, 3.8) is 0 Å². The van der Waals surface area contributed by atoms with E-state index in [1.165, 1.54) is 0 Å². The topological polar surface area (TPSA) is 97.3 Å². The molecule has 0 heterocycles. The Labute approximate surface area is 202 Å². The molecule has 26 heavy (non-hydrogen) atoms. The maximum Gasteiger partial charge on any atom is 1.00 e. The Hall–Kier alpha value is 0.610. The van der Waals surface area contributed by atoms with E-state index in [2.05, 4.69) is 0 Å². The first-order chi connectivity index (χ1) is 11.0. The van der Waals surface area contributed by atoms with Gasteiger partial charge in [0.15, 0.2) is 0 Å². The van der Waals surface area contributed by atoms with Crippen LogP contribution >= 0.6 is 0 Å². The van der Waals surface area contributed by atoms with Gasteiger partial charge >= 0.3 is 59.1 Å². The quantitative estimate of drug-likeness (QED) is 0.224. The second-order valence-electron chi connectivity index (χ2n) is 8.00. The number of hydrogen-bond donors (Lipinski definition) is 0. The monoisotopic (exact) mass is 386 g/mol. The number of rotatable bonds is 14. The third-order valence-corrected chi connectivity index (χ3v) is 4.62. The summed E-state index contributed by atoms with van der Waals surface area (Å²) in [6, 6.07) is 0. The molecule has 0 aliphatic carbocycles. The molecular weight excluding hydrogens is 354 g/mol. The second kappa shape index (κ2) is 15.5. The zero-order valence-electron chi connectivity index (χ0n) is 17.6. The number of carboxylic acids is 2. The Bertz CT molecular complexity index is 396. The molecule has 7 heteroatoms. The molecule has 0 fully saturated rings. The predicted octanol–water partition coefficient (Wildman–Crippen LogP) is -3.98. The molecule has 0 atom stereocenters. The summed E-state index contributed by atoms with van der Waals surface area (Å²) in [6.45, 7) is 6.65. The van der Waals surface area contributed by atoms with Crippen molar-refractivity contribution in [2.45, 2.75) is 91.9 Å². The van der Waals surface area contributed by atoms with Gasteiger partial charge in [-0.3, -0.25) is 4.79 Å². The molecule has 0 aliphatic heterocycles. The molecule has 0 saturated carbocycles. The van der Waals surface area contributed by atoms with Crippen LogP contribution in [-0.2, 0) is 14.4 Å². The molecular formula is C19H32Na2O5. The Balaban J connectivity index is -0.00000264. The molecule has 0 aromatic carbocycles. The van der Waals surface area contributed by atoms with Crippen LogP contribution in [0.2, 0.25) is 0 Å². The van der Waals surface area contributed by atoms with Crippen LogP contribution in [0.1, 0.15) is 91.9 Å². The third kappa shape index (κ3) is 14.6. The van der Waals surface area contributed by atoms with Crippen LogP contribution in [0.25, 0.3) is 0 Å². The average molecular weight is 386 g/mol. The number of Topliss-reactive ketones (excluding diaryl/α,β-unsaturated/α-hetero) is 1. The van der Waals surface area contributed by atoms with Gasteiger partial charge in [-0.15, -0.1) is 0 Å². The fourth-order valence-electron chi connectivity index (χ4n) is 2.46. The molecule has 0 bridgehead atoms. The Kier molecular flexibility index (Phi) is 18.7. The Morgan fingerprint density at radius 1 is 0.615 bits per heavy atom. The van der Waals surface area contributed by atoms with Crippen molar-refractivity contribution in [2.24, 2.45) is 10.8 Å². The molecule has 0 aromatic rings. The van der Waals surface area contributed by atoms with E-state index in [0.717, 1.165) is 38.5 Å². The maximum absolute atomic E-state index is 11.8. The van der Waals surface area contributed by atoms with Gasteiger partial charge in [0.25, 0.3) is 0 Å². The molecule has 140 valence electrons. The minimum atomic E-state index is -1.03. The van der Waals surface area contributed by atoms with Gasteiger partial charge in [0.2, 0.25) is 0 Å². The van der Waals surface area contributed by atoms with Crippen LogP contribution in [0.4, 0.5) is 0 Å². The van der Waals surface area contributed by atoms with Gasteiger partial charge in [-0.25, -0.2) is 0 Å². The molecule has 0 unspecified atom stereocenters. The van der Waals surface area contributed by atoms with E-state index < -0.39 is 22.8 Å². The number of carbonyl (C=O) groups excluding carboxylic acids is 3. The number of hydrogen-bond acceptors (Lipinski definition) is 5. The van der Waals surface area contributed by atoms with E-state index in [1.54, 1.807) is 27.7 Å². The van der Waals surface area contributed by atoms with Crippen molar-refractivity contribution in [3.05, 3.63) is 0 Å². The van der Waals surface area contributed by atoms with Crippen molar-refractivity contribution in [3.8, 4) is 0 Å². The van der Waals surface area contributed by atoms with E-state index in [4.69, 9.17) is 0 Å². The van der Waals surface area contributed by atoms with Crippen molar-refractivity contribution < 1.29 is 83.7 Å². The Morgan fingerprint density at radius 3 is 1.19 bits per heavy atom. The molecule has 0 aromatic heterocycles. The van der Waals surface area contributed by atoms with Gasteiger partial charge in [0.05, 0.1) is 0 Å². The van der Waals surface area contributed by atoms with E-state index in [-0.39, 0.29) is 64.9 Å². The maximum atomic E-state index is 11.8. The second-order valence-corrected chi connectivity index (χ2v) is 8.00. The van der Waals surface area contributed by atoms with Crippen LogP contribution in [0.5, 0.6) is 0 Å². The zero-order valence-corrected chi connectivity index (χ0v) is 21.6. The van der Waals surface area contributed by atoms with E-state index in [1.807, 2.05) is 0 Å². The van der Waals surface area contributed by atoms with E-state index >= 15 is 0 Å². The minimum Gasteiger partial charge on any atom is -0.550 e. The van der Waals surface area contributed by atoms with Crippen LogP contribution in [0.3, 0.4) is 0 Å². The molecule has 5 nitrogen and oxygen atoms in total. The van der Waals surface area contributed by atoms with Crippen molar-refractivity contribution in [1.82, 2.24) is 0 Å². The summed E-state index contributed by atoms with van der Waals surface area (Å²) in [7, 11) is 0. The number of unbranched alkanes of at least 4 members (excludes halogenated alkanes) is 4. The molecule has 0 spiro atoms. The van der Waals surface area contributed by atoms with Gasteiger partial charge in [0, 0.05) is 35.6 Å². The van der Waals surface area contributed by atoms with Crippen molar-refractivity contribution >= 4 is 17.7 Å². The fourth-order valence-corrected chi connectivity index (χ4v) is 2.46. The van der Waals surface area contributed by atoms with Gasteiger partial charge in [-0.2, -0.15) is 0 Å². The van der Waals surface area contributed by atoms with Crippen LogP contribution in [0, 0.1) is 10.8 Å². The molecule has 0 rings (SSSR count). The Morgan fingerprint density at radius 2 is 0.923 bits per heavy atom. The summed E-state index contributed by atoms with van der Waals surface area (Å²) in [6.07, 6.45) is 7.06. The van der Waals surface area contributed by atoms with Gasteiger partial charge in [-0.1, -0.05) is 53.4 Å². The van der Waals surface area contributed by atoms with Crippen LogP contribution < -0.4 is 69.3 Å². The van der Waals surface area contributed by atoms with Crippen molar-refractivity contribution in [2.75, 3.05) is 0 Å². The average Bonchev–Trinajstić information content (AvgIpc) is 2.45. The first-order valence-corrected chi connectivity index (χ1v) is 8.93. The number of ketones is 1. The first-order valence-electron chi connectivity index (χ1n) is 8.93. The number of aliphatic carboxylic acids is 2. The summed E-state index contributed by atoms with van der Waals surface area (Å²) in [4.78, 5) is 33.5. The predicted molar refractivity (Wildman–Crippen MR) is 88.8 cm³/mol. The van der Waals surface area contributed by atoms with Gasteiger partial charge in [-0.05, 0) is 25.7 Å². The van der Waals surface area contributed by atoms with Crippen molar-refractivity contribution in [1.29, 1.82) is 0 Å². The molecule has 0 N–H and O–H groups in total. The van der Waals surface area contributed by atoms with E-state index in [0.29, 0.717) is 25.7 Å². The van der Waals surface area contributed by atoms with Crippen LogP contribution in [-0.4, -0.2) is 17.7 Å². The summed E-state index contributed by atoms with van der Waals surface area (Å²) in [5.74, 6) is -1.82. The third-order valence-electron chi connectivity index (χ3n) is 4.62. The summed E-state index contributed by atoms with van der Waals surface area (Å²) >= 11 is 0. The van der Waals surface area contributed by atoms with Gasteiger partial charge in [0.1, 0.15) is 5.78 Å². The smallest absolute Gasteiger partial charge is 0.550 e. The molecule has 0 saturated heterocycles. The number of carboxylic acid groups (broad SMARTS) is 2. The molecule has 0 amide bonds. The molecule has 0 radical (unpaired) electrons. The summed E-state index contributed by atoms with van der Waals surface area (Å²) in [5, 5.41) is 21.7. The van der Waals surface area contributed by atoms with Crippen LogP contribution in [0.15, 0.2) is 0 Å². The number of carbonyl (C=O) groups is 3. The normalized spacial score (nSPS) is 11.2. The summed E-state index contributed by atoms with van der Waals surface area (Å²) in [5.41, 5.74) is -1.60. The first kappa shape index (κ1) is 31.3. The SMILES string of the molecule is CC(C)(CCCCCC(=O)CCCCCC(C)(C)C(=O)[O-])C(=O)[O-].[Na+].[Na+]. The van der Waals surface area contributed by atoms with E-state index in [9.17, 15) is 24.6 Å². The van der Waals surface area contributed by atoms with Gasteiger partial charge < -0.3 is 19.8 Å². The molecule has 0 aliphatic rings. The largest absolute Gasteiger partial charge is 1.00 e.